The lowest BCUT2D eigenvalue weighted by molar-refractivity contribution is 0.0746. The van der Waals surface area contributed by atoms with Gasteiger partial charge in [0.25, 0.3) is 5.91 Å². The maximum atomic E-state index is 12.8. The van der Waals surface area contributed by atoms with Gasteiger partial charge in [0.1, 0.15) is 5.75 Å². The molecule has 1 aliphatic rings. The average molecular weight is 409 g/mol. The van der Waals surface area contributed by atoms with Crippen LogP contribution in [0.4, 0.5) is 5.69 Å². The molecule has 0 aliphatic carbocycles. The molecule has 27 heavy (non-hydrogen) atoms. The molecule has 6 nitrogen and oxygen atoms in total. The molecule has 1 saturated heterocycles. The number of amides is 1. The van der Waals surface area contributed by atoms with Crippen molar-refractivity contribution < 1.29 is 17.9 Å². The summed E-state index contributed by atoms with van der Waals surface area (Å²) in [7, 11) is -1.86. The summed E-state index contributed by atoms with van der Waals surface area (Å²) >= 11 is 5.96. The first-order valence-corrected chi connectivity index (χ1v) is 10.7. The van der Waals surface area contributed by atoms with Crippen LogP contribution in [0.1, 0.15) is 10.4 Å². The number of hydrogen-bond acceptors (Lipinski definition) is 5. The molecule has 0 N–H and O–H groups in total. The van der Waals surface area contributed by atoms with Crippen molar-refractivity contribution >= 4 is 33.0 Å². The Hall–Kier alpha value is -2.25. The zero-order valence-corrected chi connectivity index (χ0v) is 16.8. The number of benzene rings is 2. The third-order valence-electron chi connectivity index (χ3n) is 4.57. The predicted octanol–water partition coefficient (Wildman–Crippen LogP) is 2.71. The van der Waals surface area contributed by atoms with E-state index < -0.39 is 9.84 Å². The lowest BCUT2D eigenvalue weighted by Crippen LogP contribution is -2.48. The summed E-state index contributed by atoms with van der Waals surface area (Å²) in [5.74, 6) is 0.601. The lowest BCUT2D eigenvalue weighted by atomic mass is 10.1. The van der Waals surface area contributed by atoms with Crippen molar-refractivity contribution in [3.05, 3.63) is 53.1 Å². The van der Waals surface area contributed by atoms with Crippen LogP contribution in [0.15, 0.2) is 47.4 Å². The molecule has 3 rings (SSSR count). The molecule has 0 unspecified atom stereocenters. The standard InChI is InChI=1S/C19H21ClN2O4S/c1-26-17-6-4-3-5-16(17)21-9-11-22(12-10-21)19(23)14-7-8-15(20)18(13-14)27(2,24)25/h3-8,13H,9-12H2,1-2H3. The average Bonchev–Trinajstić information content (AvgIpc) is 2.67. The monoisotopic (exact) mass is 408 g/mol. The summed E-state index contributed by atoms with van der Waals surface area (Å²) < 4.78 is 29.1. The highest BCUT2D eigenvalue weighted by atomic mass is 35.5. The fraction of sp³-hybridized carbons (Fsp3) is 0.316. The van der Waals surface area contributed by atoms with Crippen molar-refractivity contribution in [2.24, 2.45) is 0 Å². The molecule has 1 fully saturated rings. The first kappa shape index (κ1) is 19.5. The molecular weight excluding hydrogens is 388 g/mol. The second kappa shape index (κ2) is 7.78. The zero-order chi connectivity index (χ0) is 19.6. The number of carbonyl (C=O) groups is 1. The quantitative estimate of drug-likeness (QED) is 0.778. The summed E-state index contributed by atoms with van der Waals surface area (Å²) in [6, 6.07) is 12.1. The van der Waals surface area contributed by atoms with Crippen molar-refractivity contribution in [1.29, 1.82) is 0 Å². The lowest BCUT2D eigenvalue weighted by Gasteiger charge is -2.36. The van der Waals surface area contributed by atoms with E-state index in [1.807, 2.05) is 24.3 Å². The molecule has 0 radical (unpaired) electrons. The van der Waals surface area contributed by atoms with E-state index in [4.69, 9.17) is 16.3 Å². The number of nitrogens with zero attached hydrogens (tertiary/aromatic N) is 2. The summed E-state index contributed by atoms with van der Waals surface area (Å²) in [5.41, 5.74) is 1.32. The SMILES string of the molecule is COc1ccccc1N1CCN(C(=O)c2ccc(Cl)c(S(C)(=O)=O)c2)CC1. The van der Waals surface area contributed by atoms with E-state index in [1.165, 1.54) is 12.1 Å². The van der Waals surface area contributed by atoms with E-state index in [9.17, 15) is 13.2 Å². The van der Waals surface area contributed by atoms with Gasteiger partial charge >= 0.3 is 0 Å². The summed E-state index contributed by atoms with van der Waals surface area (Å²) in [6.07, 6.45) is 1.08. The number of methoxy groups -OCH3 is 1. The van der Waals surface area contributed by atoms with Gasteiger partial charge in [-0.05, 0) is 30.3 Å². The molecular formula is C19H21ClN2O4S. The Morgan fingerprint density at radius 2 is 1.74 bits per heavy atom. The van der Waals surface area contributed by atoms with Gasteiger partial charge in [-0.25, -0.2) is 8.42 Å². The van der Waals surface area contributed by atoms with Gasteiger partial charge in [0.15, 0.2) is 9.84 Å². The number of piperazine rings is 1. The third-order valence-corrected chi connectivity index (χ3v) is 6.15. The summed E-state index contributed by atoms with van der Waals surface area (Å²) in [4.78, 5) is 16.7. The smallest absolute Gasteiger partial charge is 0.254 e. The number of halogens is 1. The van der Waals surface area contributed by atoms with Gasteiger partial charge in [0.2, 0.25) is 0 Å². The van der Waals surface area contributed by atoms with Gasteiger partial charge in [0.05, 0.1) is 22.7 Å². The van der Waals surface area contributed by atoms with Crippen LogP contribution in [0.2, 0.25) is 5.02 Å². The second-order valence-corrected chi connectivity index (χ2v) is 8.76. The first-order chi connectivity index (χ1) is 12.8. The number of para-hydroxylation sites is 2. The molecule has 0 bridgehead atoms. The van der Waals surface area contributed by atoms with Gasteiger partial charge in [-0.1, -0.05) is 23.7 Å². The Labute approximate surface area is 164 Å². The third kappa shape index (κ3) is 4.20. The topological polar surface area (TPSA) is 66.9 Å². The molecule has 0 atom stereocenters. The molecule has 0 saturated carbocycles. The van der Waals surface area contributed by atoms with Gasteiger partial charge in [-0.3, -0.25) is 4.79 Å². The van der Waals surface area contributed by atoms with Crippen molar-refractivity contribution in [2.75, 3.05) is 44.4 Å². The Morgan fingerprint density at radius 3 is 2.37 bits per heavy atom. The molecule has 8 heteroatoms. The number of anilines is 1. The number of rotatable bonds is 4. The number of hydrogen-bond donors (Lipinski definition) is 0. The van der Waals surface area contributed by atoms with E-state index in [-0.39, 0.29) is 15.8 Å². The minimum atomic E-state index is -3.50. The van der Waals surface area contributed by atoms with Crippen molar-refractivity contribution in [2.45, 2.75) is 4.90 Å². The molecule has 0 spiro atoms. The number of ether oxygens (including phenoxy) is 1. The maximum absolute atomic E-state index is 12.8. The summed E-state index contributed by atoms with van der Waals surface area (Å²) in [5, 5.41) is 0.120. The predicted molar refractivity (Wildman–Crippen MR) is 106 cm³/mol. The highest BCUT2D eigenvalue weighted by Crippen LogP contribution is 2.29. The van der Waals surface area contributed by atoms with E-state index in [0.29, 0.717) is 31.7 Å². The van der Waals surface area contributed by atoms with E-state index in [1.54, 1.807) is 18.1 Å². The largest absolute Gasteiger partial charge is 0.495 e. The molecule has 1 aliphatic heterocycles. The van der Waals surface area contributed by atoms with Crippen LogP contribution >= 0.6 is 11.6 Å². The van der Waals surface area contributed by atoms with Gasteiger partial charge in [-0.2, -0.15) is 0 Å². The zero-order valence-electron chi connectivity index (χ0n) is 15.2. The normalized spacial score (nSPS) is 14.9. The molecule has 1 heterocycles. The highest BCUT2D eigenvalue weighted by Gasteiger charge is 2.25. The van der Waals surface area contributed by atoms with E-state index in [0.717, 1.165) is 17.7 Å². The molecule has 0 aromatic heterocycles. The van der Waals surface area contributed by atoms with Crippen LogP contribution < -0.4 is 9.64 Å². The van der Waals surface area contributed by atoms with Crippen LogP contribution in [-0.2, 0) is 9.84 Å². The Bertz CT molecular complexity index is 954. The second-order valence-electron chi connectivity index (χ2n) is 6.37. The van der Waals surface area contributed by atoms with Crippen molar-refractivity contribution in [3.8, 4) is 5.75 Å². The Morgan fingerprint density at radius 1 is 1.07 bits per heavy atom. The molecule has 144 valence electrons. The van der Waals surface area contributed by atoms with E-state index in [2.05, 4.69) is 4.90 Å². The molecule has 2 aromatic carbocycles. The minimum absolute atomic E-state index is 0.0253. The molecule has 1 amide bonds. The Balaban J connectivity index is 1.74. The van der Waals surface area contributed by atoms with Gasteiger partial charge in [-0.15, -0.1) is 0 Å². The summed E-state index contributed by atoms with van der Waals surface area (Å²) in [6.45, 7) is 2.40. The van der Waals surface area contributed by atoms with Crippen molar-refractivity contribution in [1.82, 2.24) is 4.90 Å². The Kier molecular flexibility index (Phi) is 5.62. The van der Waals surface area contributed by atoms with Crippen molar-refractivity contribution in [3.63, 3.8) is 0 Å². The van der Waals surface area contributed by atoms with Gasteiger partial charge < -0.3 is 14.5 Å². The first-order valence-electron chi connectivity index (χ1n) is 8.48. The molecule has 2 aromatic rings. The maximum Gasteiger partial charge on any atom is 0.254 e. The fourth-order valence-corrected chi connectivity index (χ4v) is 4.45. The minimum Gasteiger partial charge on any atom is -0.495 e. The number of carbonyl (C=O) groups excluding carboxylic acids is 1. The van der Waals surface area contributed by atoms with Gasteiger partial charge in [0, 0.05) is 38.0 Å². The van der Waals surface area contributed by atoms with Crippen LogP contribution in [0.5, 0.6) is 5.75 Å². The highest BCUT2D eigenvalue weighted by molar-refractivity contribution is 7.90. The van der Waals surface area contributed by atoms with Crippen LogP contribution in [0, 0.1) is 0 Å². The van der Waals surface area contributed by atoms with E-state index >= 15 is 0 Å². The van der Waals surface area contributed by atoms with Crippen LogP contribution in [0.3, 0.4) is 0 Å². The van der Waals surface area contributed by atoms with Crippen LogP contribution in [0.25, 0.3) is 0 Å². The fourth-order valence-electron chi connectivity index (χ4n) is 3.14. The number of sulfone groups is 1. The van der Waals surface area contributed by atoms with Crippen LogP contribution in [-0.4, -0.2) is 58.8 Å².